The molecule has 0 saturated carbocycles. The van der Waals surface area contributed by atoms with Crippen LogP contribution in [0.15, 0.2) is 42.5 Å². The van der Waals surface area contributed by atoms with Crippen molar-refractivity contribution in [1.82, 2.24) is 0 Å². The average Bonchev–Trinajstić information content (AvgIpc) is 2.68. The summed E-state index contributed by atoms with van der Waals surface area (Å²) >= 11 is 0. The Balaban J connectivity index is 1.63. The molecule has 0 spiro atoms. The average molecular weight is 351 g/mol. The van der Waals surface area contributed by atoms with Gasteiger partial charge in [0.25, 0.3) is 0 Å². The Morgan fingerprint density at radius 2 is 1.54 bits per heavy atom. The van der Waals surface area contributed by atoms with E-state index in [9.17, 15) is 4.79 Å². The molecule has 0 aliphatic carbocycles. The lowest BCUT2D eigenvalue weighted by Crippen LogP contribution is -2.05. The van der Waals surface area contributed by atoms with Crippen molar-refractivity contribution in [1.29, 1.82) is 0 Å². The zero-order valence-corrected chi connectivity index (χ0v) is 15.9. The van der Waals surface area contributed by atoms with Crippen LogP contribution in [0.4, 0.5) is 0 Å². The van der Waals surface area contributed by atoms with E-state index in [1.807, 2.05) is 36.4 Å². The highest BCUT2D eigenvalue weighted by Crippen LogP contribution is 2.19. The molecule has 0 aliphatic heterocycles. The second-order valence-corrected chi connectivity index (χ2v) is 6.68. The molecule has 0 aliphatic rings. The number of ether oxygens (including phenoxy) is 1. The molecule has 26 heavy (non-hydrogen) atoms. The molecule has 2 aromatic rings. The van der Waals surface area contributed by atoms with E-state index < -0.39 is 0 Å². The second-order valence-electron chi connectivity index (χ2n) is 6.68. The van der Waals surface area contributed by atoms with Crippen LogP contribution in [0.3, 0.4) is 0 Å². The van der Waals surface area contributed by atoms with Crippen molar-refractivity contribution in [2.45, 2.75) is 64.7 Å². The van der Waals surface area contributed by atoms with Crippen LogP contribution >= 0.6 is 0 Å². The molecule has 0 N–H and O–H groups in total. The summed E-state index contributed by atoms with van der Waals surface area (Å²) in [5.74, 6) is 5.77. The Bertz CT molecular complexity index is 731. The van der Waals surface area contributed by atoms with Gasteiger partial charge in [0.2, 0.25) is 0 Å². The van der Waals surface area contributed by atoms with E-state index in [4.69, 9.17) is 4.74 Å². The van der Waals surface area contributed by atoms with Crippen molar-refractivity contribution in [3.63, 3.8) is 0 Å². The van der Waals surface area contributed by atoms with E-state index in [0.717, 1.165) is 23.6 Å². The van der Waals surface area contributed by atoms with E-state index in [1.54, 1.807) is 6.07 Å². The summed E-state index contributed by atoms with van der Waals surface area (Å²) in [6.07, 6.45) is 11.3. The smallest absolute Gasteiger partial charge is 0.339 e. The molecule has 2 nitrogen and oxygen atoms in total. The number of benzene rings is 2. The maximum absolute atomic E-state index is 12.3. The van der Waals surface area contributed by atoms with E-state index in [-0.39, 0.29) is 12.6 Å². The van der Waals surface area contributed by atoms with Crippen molar-refractivity contribution in [2.24, 2.45) is 0 Å². The number of unbranched alkanes of at least 4 members (excludes halogenated alkanes) is 8. The van der Waals surface area contributed by atoms with Crippen molar-refractivity contribution < 1.29 is 9.53 Å². The molecule has 0 heterocycles. The number of hydrogen-bond acceptors (Lipinski definition) is 2. The van der Waals surface area contributed by atoms with Gasteiger partial charge in [0.15, 0.2) is 6.61 Å². The molecule has 2 aromatic carbocycles. The van der Waals surface area contributed by atoms with Crippen molar-refractivity contribution >= 4 is 16.7 Å². The SMILES string of the molecule is CCCCCCCCCCC#CCOC(=O)c1cccc2ccccc12. The van der Waals surface area contributed by atoms with Crippen LogP contribution in [0.5, 0.6) is 0 Å². The van der Waals surface area contributed by atoms with Crippen LogP contribution in [0.1, 0.15) is 75.1 Å². The molecule has 0 aromatic heterocycles. The minimum Gasteiger partial charge on any atom is -0.449 e. The summed E-state index contributed by atoms with van der Waals surface area (Å²) < 4.78 is 5.31. The van der Waals surface area contributed by atoms with Crippen LogP contribution in [0, 0.1) is 11.8 Å². The van der Waals surface area contributed by atoms with Crippen LogP contribution in [-0.2, 0) is 4.74 Å². The van der Waals surface area contributed by atoms with Gasteiger partial charge in [-0.25, -0.2) is 4.79 Å². The van der Waals surface area contributed by atoms with Gasteiger partial charge in [-0.3, -0.25) is 0 Å². The first-order valence-electron chi connectivity index (χ1n) is 9.93. The minimum atomic E-state index is -0.303. The van der Waals surface area contributed by atoms with Crippen molar-refractivity contribution in [3.8, 4) is 11.8 Å². The highest BCUT2D eigenvalue weighted by atomic mass is 16.5. The van der Waals surface area contributed by atoms with Gasteiger partial charge in [-0.2, -0.15) is 0 Å². The standard InChI is InChI=1S/C24H30O2/c1-2-3-4-5-6-7-8-9-10-11-14-20-26-24(25)23-19-15-17-21-16-12-13-18-22(21)23/h12-13,15-19H,2-10,20H2,1H3. The Labute approximate surface area is 157 Å². The molecule has 0 bridgehead atoms. The number of carbonyl (C=O) groups excluding carboxylic acids is 1. The van der Waals surface area contributed by atoms with Crippen LogP contribution in [-0.4, -0.2) is 12.6 Å². The number of carbonyl (C=O) groups is 1. The number of esters is 1. The molecule has 0 fully saturated rings. The molecule has 0 unspecified atom stereocenters. The number of fused-ring (bicyclic) bond motifs is 1. The zero-order valence-electron chi connectivity index (χ0n) is 15.9. The predicted octanol–water partition coefficient (Wildman–Crippen LogP) is 6.53. The van der Waals surface area contributed by atoms with Gasteiger partial charge in [-0.05, 0) is 23.3 Å². The Kier molecular flexibility index (Phi) is 9.36. The molecule has 138 valence electrons. The first kappa shape index (κ1) is 20.0. The van der Waals surface area contributed by atoms with Gasteiger partial charge in [-0.1, -0.05) is 100 Å². The van der Waals surface area contributed by atoms with E-state index in [1.165, 1.54) is 44.9 Å². The third kappa shape index (κ3) is 6.92. The summed E-state index contributed by atoms with van der Waals surface area (Å²) in [6.45, 7) is 2.41. The molecular weight excluding hydrogens is 320 g/mol. The van der Waals surface area contributed by atoms with Gasteiger partial charge in [0.05, 0.1) is 5.56 Å². The van der Waals surface area contributed by atoms with Gasteiger partial charge >= 0.3 is 5.97 Å². The zero-order chi connectivity index (χ0) is 18.5. The molecule has 0 radical (unpaired) electrons. The van der Waals surface area contributed by atoms with Crippen LogP contribution in [0.2, 0.25) is 0 Å². The molecular formula is C24H30O2. The number of hydrogen-bond donors (Lipinski definition) is 0. The Morgan fingerprint density at radius 1 is 0.846 bits per heavy atom. The lowest BCUT2D eigenvalue weighted by Gasteiger charge is -2.05. The molecule has 2 heteroatoms. The highest BCUT2D eigenvalue weighted by molar-refractivity contribution is 6.04. The summed E-state index contributed by atoms with van der Waals surface area (Å²) in [4.78, 5) is 12.3. The van der Waals surface area contributed by atoms with Crippen LogP contribution in [0.25, 0.3) is 10.8 Å². The number of rotatable bonds is 10. The predicted molar refractivity (Wildman–Crippen MR) is 109 cm³/mol. The lowest BCUT2D eigenvalue weighted by atomic mass is 10.1. The third-order valence-electron chi connectivity index (χ3n) is 4.57. The van der Waals surface area contributed by atoms with Gasteiger partial charge in [0, 0.05) is 6.42 Å². The summed E-state index contributed by atoms with van der Waals surface area (Å²) in [5.41, 5.74) is 0.605. The fourth-order valence-electron chi connectivity index (χ4n) is 3.07. The highest BCUT2D eigenvalue weighted by Gasteiger charge is 2.09. The van der Waals surface area contributed by atoms with E-state index >= 15 is 0 Å². The largest absolute Gasteiger partial charge is 0.449 e. The molecule has 0 saturated heterocycles. The lowest BCUT2D eigenvalue weighted by molar-refractivity contribution is 0.0559. The first-order chi connectivity index (χ1) is 12.8. The van der Waals surface area contributed by atoms with Gasteiger partial charge in [-0.15, -0.1) is 0 Å². The van der Waals surface area contributed by atoms with Gasteiger partial charge < -0.3 is 4.74 Å². The normalized spacial score (nSPS) is 10.3. The third-order valence-corrected chi connectivity index (χ3v) is 4.57. The topological polar surface area (TPSA) is 26.3 Å². The fraction of sp³-hybridized carbons (Fsp3) is 0.458. The second kappa shape index (κ2) is 12.1. The first-order valence-corrected chi connectivity index (χ1v) is 9.93. The molecule has 0 atom stereocenters. The quantitative estimate of drug-likeness (QED) is 0.276. The van der Waals surface area contributed by atoms with Crippen molar-refractivity contribution in [3.05, 3.63) is 48.0 Å². The monoisotopic (exact) mass is 350 g/mol. The summed E-state index contributed by atoms with van der Waals surface area (Å²) in [7, 11) is 0. The Morgan fingerprint density at radius 3 is 2.35 bits per heavy atom. The summed E-state index contributed by atoms with van der Waals surface area (Å²) in [6, 6.07) is 13.5. The maximum atomic E-state index is 12.3. The Hall–Kier alpha value is -2.27. The van der Waals surface area contributed by atoms with Crippen LogP contribution < -0.4 is 0 Å². The molecule has 2 rings (SSSR count). The van der Waals surface area contributed by atoms with Crippen molar-refractivity contribution in [2.75, 3.05) is 6.61 Å². The van der Waals surface area contributed by atoms with E-state index in [2.05, 4.69) is 18.8 Å². The van der Waals surface area contributed by atoms with E-state index in [0.29, 0.717) is 5.56 Å². The molecule has 0 amide bonds. The van der Waals surface area contributed by atoms with Gasteiger partial charge in [0.1, 0.15) is 0 Å². The maximum Gasteiger partial charge on any atom is 0.339 e. The summed E-state index contributed by atoms with van der Waals surface area (Å²) in [5, 5.41) is 1.97. The fourth-order valence-corrected chi connectivity index (χ4v) is 3.07. The minimum absolute atomic E-state index is 0.166.